The number of carbonyl (C=O) groups is 1. The van der Waals surface area contributed by atoms with Crippen molar-refractivity contribution in [3.05, 3.63) is 0 Å². The van der Waals surface area contributed by atoms with Crippen molar-refractivity contribution in [3.8, 4) is 0 Å². The summed E-state index contributed by atoms with van der Waals surface area (Å²) in [5, 5.41) is 0. The van der Waals surface area contributed by atoms with Gasteiger partial charge in [0.1, 0.15) is 5.72 Å². The number of carbonyl (C=O) groups excluding carboxylic acids is 1. The van der Waals surface area contributed by atoms with Crippen LogP contribution in [0.5, 0.6) is 0 Å². The van der Waals surface area contributed by atoms with Crippen LogP contribution in [0.3, 0.4) is 0 Å². The summed E-state index contributed by atoms with van der Waals surface area (Å²) in [6.07, 6.45) is 6.58. The standard InChI is InChI=1S/C12H19NO2/c1-12-7-6-11(14)13(12)10-5-3-2-4-9(10)8-15-12/h9-10H,2-8H2,1H3/t9-,10+,12-/m1/s1. The van der Waals surface area contributed by atoms with E-state index in [-0.39, 0.29) is 5.72 Å². The first-order valence-electron chi connectivity index (χ1n) is 6.17. The van der Waals surface area contributed by atoms with E-state index in [1.807, 2.05) is 0 Å². The molecule has 15 heavy (non-hydrogen) atoms. The second-order valence-electron chi connectivity index (χ2n) is 5.36. The minimum absolute atomic E-state index is 0.268. The SMILES string of the molecule is C[C@@]12CCC(=O)N1[C@H]1CCCC[C@@H]1CO2. The third-order valence-electron chi connectivity index (χ3n) is 4.39. The van der Waals surface area contributed by atoms with Gasteiger partial charge >= 0.3 is 0 Å². The molecule has 3 aliphatic rings. The maximum Gasteiger partial charge on any atom is 0.225 e. The number of nitrogens with zero attached hydrogens (tertiary/aromatic N) is 1. The molecule has 0 N–H and O–H groups in total. The lowest BCUT2D eigenvalue weighted by Gasteiger charge is -2.50. The van der Waals surface area contributed by atoms with Crippen LogP contribution in [0.1, 0.15) is 45.4 Å². The van der Waals surface area contributed by atoms with E-state index in [2.05, 4.69) is 11.8 Å². The maximum absolute atomic E-state index is 11.9. The summed E-state index contributed by atoms with van der Waals surface area (Å²) in [7, 11) is 0. The molecule has 0 spiro atoms. The van der Waals surface area contributed by atoms with Crippen LogP contribution >= 0.6 is 0 Å². The van der Waals surface area contributed by atoms with Gasteiger partial charge in [-0.3, -0.25) is 4.79 Å². The number of fused-ring (bicyclic) bond motifs is 3. The fourth-order valence-corrected chi connectivity index (χ4v) is 3.53. The fourth-order valence-electron chi connectivity index (χ4n) is 3.53. The molecular formula is C12H19NO2. The topological polar surface area (TPSA) is 29.5 Å². The largest absolute Gasteiger partial charge is 0.355 e. The van der Waals surface area contributed by atoms with Gasteiger partial charge < -0.3 is 9.64 Å². The third-order valence-corrected chi connectivity index (χ3v) is 4.39. The van der Waals surface area contributed by atoms with E-state index in [1.165, 1.54) is 25.7 Å². The summed E-state index contributed by atoms with van der Waals surface area (Å²) < 4.78 is 5.93. The van der Waals surface area contributed by atoms with Crippen LogP contribution in [-0.4, -0.2) is 29.2 Å². The molecule has 2 saturated heterocycles. The molecule has 0 radical (unpaired) electrons. The highest BCUT2D eigenvalue weighted by molar-refractivity contribution is 5.79. The predicted molar refractivity (Wildman–Crippen MR) is 56.2 cm³/mol. The minimum Gasteiger partial charge on any atom is -0.355 e. The highest BCUT2D eigenvalue weighted by Gasteiger charge is 2.51. The number of hydrogen-bond donors (Lipinski definition) is 0. The summed E-state index contributed by atoms with van der Waals surface area (Å²) in [5.74, 6) is 0.919. The molecule has 0 aromatic rings. The predicted octanol–water partition coefficient (Wildman–Crippen LogP) is 1.91. The van der Waals surface area contributed by atoms with Gasteiger partial charge in [0.05, 0.1) is 6.61 Å². The van der Waals surface area contributed by atoms with Crippen molar-refractivity contribution in [2.75, 3.05) is 6.61 Å². The minimum atomic E-state index is -0.268. The zero-order chi connectivity index (χ0) is 10.5. The molecule has 1 aliphatic carbocycles. The molecule has 0 aromatic carbocycles. The van der Waals surface area contributed by atoms with Crippen molar-refractivity contribution in [3.63, 3.8) is 0 Å². The van der Waals surface area contributed by atoms with E-state index in [9.17, 15) is 4.79 Å². The van der Waals surface area contributed by atoms with Crippen LogP contribution in [0, 0.1) is 5.92 Å². The van der Waals surface area contributed by atoms with Crippen LogP contribution in [0.2, 0.25) is 0 Å². The van der Waals surface area contributed by atoms with Gasteiger partial charge in [0, 0.05) is 24.8 Å². The molecule has 1 saturated carbocycles. The smallest absolute Gasteiger partial charge is 0.225 e. The van der Waals surface area contributed by atoms with Crippen molar-refractivity contribution in [2.24, 2.45) is 5.92 Å². The zero-order valence-corrected chi connectivity index (χ0v) is 9.37. The molecule has 3 rings (SSSR count). The van der Waals surface area contributed by atoms with Gasteiger partial charge in [0.2, 0.25) is 5.91 Å². The van der Waals surface area contributed by atoms with Gasteiger partial charge in [-0.1, -0.05) is 12.8 Å². The van der Waals surface area contributed by atoms with E-state index in [4.69, 9.17) is 4.74 Å². The quantitative estimate of drug-likeness (QED) is 0.610. The van der Waals surface area contributed by atoms with Crippen molar-refractivity contribution in [1.82, 2.24) is 4.90 Å². The van der Waals surface area contributed by atoms with Crippen LogP contribution in [0.15, 0.2) is 0 Å². The molecule has 1 amide bonds. The van der Waals surface area contributed by atoms with Gasteiger partial charge in [-0.2, -0.15) is 0 Å². The third kappa shape index (κ3) is 1.32. The van der Waals surface area contributed by atoms with Crippen molar-refractivity contribution < 1.29 is 9.53 Å². The molecule has 0 aromatic heterocycles. The van der Waals surface area contributed by atoms with Gasteiger partial charge in [0.25, 0.3) is 0 Å². The van der Waals surface area contributed by atoms with Crippen LogP contribution in [0.4, 0.5) is 0 Å². The second kappa shape index (κ2) is 3.21. The highest BCUT2D eigenvalue weighted by Crippen LogP contribution is 2.43. The van der Waals surface area contributed by atoms with Crippen molar-refractivity contribution in [1.29, 1.82) is 0 Å². The first kappa shape index (κ1) is 9.64. The molecule has 3 heteroatoms. The van der Waals surface area contributed by atoms with Crippen molar-refractivity contribution >= 4 is 5.91 Å². The van der Waals surface area contributed by atoms with Crippen LogP contribution in [-0.2, 0) is 9.53 Å². The Morgan fingerprint density at radius 2 is 2.20 bits per heavy atom. The Morgan fingerprint density at radius 1 is 1.40 bits per heavy atom. The Morgan fingerprint density at radius 3 is 3.07 bits per heavy atom. The molecule has 0 bridgehead atoms. The molecule has 3 nitrogen and oxygen atoms in total. The summed E-state index contributed by atoms with van der Waals surface area (Å²) >= 11 is 0. The van der Waals surface area contributed by atoms with Gasteiger partial charge in [-0.15, -0.1) is 0 Å². The van der Waals surface area contributed by atoms with Crippen LogP contribution < -0.4 is 0 Å². The first-order chi connectivity index (χ1) is 7.21. The van der Waals surface area contributed by atoms with E-state index >= 15 is 0 Å². The molecular weight excluding hydrogens is 190 g/mol. The number of rotatable bonds is 0. The number of amides is 1. The molecule has 3 fully saturated rings. The summed E-state index contributed by atoms with van der Waals surface area (Å²) in [6.45, 7) is 2.95. The first-order valence-corrected chi connectivity index (χ1v) is 6.17. The normalized spacial score (nSPS) is 45.1. The van der Waals surface area contributed by atoms with E-state index < -0.39 is 0 Å². The van der Waals surface area contributed by atoms with E-state index in [0.717, 1.165) is 13.0 Å². The summed E-state index contributed by atoms with van der Waals surface area (Å²) in [6, 6.07) is 0.479. The van der Waals surface area contributed by atoms with Gasteiger partial charge in [-0.25, -0.2) is 0 Å². The molecule has 84 valence electrons. The summed E-state index contributed by atoms with van der Waals surface area (Å²) in [4.78, 5) is 14.0. The van der Waals surface area contributed by atoms with Crippen molar-refractivity contribution in [2.45, 2.75) is 57.2 Å². The Balaban J connectivity index is 1.90. The Hall–Kier alpha value is -0.570. The summed E-state index contributed by atoms with van der Waals surface area (Å²) in [5.41, 5.74) is -0.268. The lowest BCUT2D eigenvalue weighted by Crippen LogP contribution is -2.59. The Bertz CT molecular complexity index is 291. The van der Waals surface area contributed by atoms with E-state index in [1.54, 1.807) is 0 Å². The van der Waals surface area contributed by atoms with Gasteiger partial charge in [-0.05, 0) is 19.8 Å². The Labute approximate surface area is 90.8 Å². The van der Waals surface area contributed by atoms with Gasteiger partial charge in [0.15, 0.2) is 0 Å². The average molecular weight is 209 g/mol. The lowest BCUT2D eigenvalue weighted by atomic mass is 9.82. The monoisotopic (exact) mass is 209 g/mol. The Kier molecular flexibility index (Phi) is 2.06. The zero-order valence-electron chi connectivity index (χ0n) is 9.37. The average Bonchev–Trinajstić information content (AvgIpc) is 2.56. The lowest BCUT2D eigenvalue weighted by molar-refractivity contribution is -0.207. The fraction of sp³-hybridized carbons (Fsp3) is 0.917. The number of hydrogen-bond acceptors (Lipinski definition) is 2. The highest BCUT2D eigenvalue weighted by atomic mass is 16.5. The molecule has 3 atom stereocenters. The molecule has 2 aliphatic heterocycles. The number of ether oxygens (including phenoxy) is 1. The molecule has 0 unspecified atom stereocenters. The molecule has 2 heterocycles. The van der Waals surface area contributed by atoms with Crippen LogP contribution in [0.25, 0.3) is 0 Å². The van der Waals surface area contributed by atoms with E-state index in [0.29, 0.717) is 24.3 Å². The second-order valence-corrected chi connectivity index (χ2v) is 5.36. The maximum atomic E-state index is 11.9.